The Morgan fingerprint density at radius 3 is 2.31 bits per heavy atom. The van der Waals surface area contributed by atoms with Gasteiger partial charge < -0.3 is 4.42 Å². The van der Waals surface area contributed by atoms with E-state index in [2.05, 4.69) is 4.72 Å². The number of carbonyl (C=O) groups is 1. The van der Waals surface area contributed by atoms with E-state index in [4.69, 9.17) is 4.42 Å². The molecule has 0 aliphatic carbocycles. The molecule has 4 rings (SSSR count). The summed E-state index contributed by atoms with van der Waals surface area (Å²) in [6.45, 7) is 6.84. The van der Waals surface area contributed by atoms with Crippen LogP contribution < -0.4 is 4.72 Å². The Morgan fingerprint density at radius 2 is 1.62 bits per heavy atom. The average Bonchev–Trinajstić information content (AvgIpc) is 2.99. The zero-order valence-electron chi connectivity index (χ0n) is 16.7. The van der Waals surface area contributed by atoms with Crippen LogP contribution in [0.5, 0.6) is 0 Å². The first-order valence-electron chi connectivity index (χ1n) is 9.25. The summed E-state index contributed by atoms with van der Waals surface area (Å²) >= 11 is 0. The smallest absolute Gasteiger partial charge is 0.262 e. The van der Waals surface area contributed by atoms with Gasteiger partial charge in [0.15, 0.2) is 5.78 Å². The highest BCUT2D eigenvalue weighted by molar-refractivity contribution is 7.92. The van der Waals surface area contributed by atoms with Crippen molar-refractivity contribution >= 4 is 43.2 Å². The van der Waals surface area contributed by atoms with Gasteiger partial charge in [0.25, 0.3) is 10.0 Å². The molecule has 0 spiro atoms. The standard InChI is InChI=1S/C23H21NO4S/c1-13-9-10-14(2)21(11-13)29(26,27)24-20-12-19-22(15(3)25)16(4)28-23(19)18-8-6-5-7-17(18)20/h5-12,24H,1-4H3. The lowest BCUT2D eigenvalue weighted by atomic mass is 10.0. The molecule has 6 heteroatoms. The molecule has 0 bridgehead atoms. The molecule has 5 nitrogen and oxygen atoms in total. The molecule has 148 valence electrons. The van der Waals surface area contributed by atoms with E-state index in [9.17, 15) is 13.2 Å². The Kier molecular flexibility index (Phi) is 4.46. The maximum atomic E-state index is 13.2. The minimum Gasteiger partial charge on any atom is -0.460 e. The van der Waals surface area contributed by atoms with Crippen LogP contribution in [0.2, 0.25) is 0 Å². The van der Waals surface area contributed by atoms with Crippen LogP contribution in [0.1, 0.15) is 34.2 Å². The van der Waals surface area contributed by atoms with E-state index in [0.717, 1.165) is 10.9 Å². The third kappa shape index (κ3) is 3.19. The topological polar surface area (TPSA) is 76.4 Å². The van der Waals surface area contributed by atoms with Gasteiger partial charge in [-0.3, -0.25) is 9.52 Å². The molecular weight excluding hydrogens is 386 g/mol. The fourth-order valence-corrected chi connectivity index (χ4v) is 5.16. The van der Waals surface area contributed by atoms with Crippen molar-refractivity contribution in [3.05, 3.63) is 71.0 Å². The number of benzene rings is 3. The zero-order valence-corrected chi connectivity index (χ0v) is 17.5. The molecule has 0 aliphatic heterocycles. The number of furan rings is 1. The van der Waals surface area contributed by atoms with Crippen molar-refractivity contribution < 1.29 is 17.6 Å². The number of aryl methyl sites for hydroxylation is 3. The molecule has 0 aliphatic rings. The van der Waals surface area contributed by atoms with Crippen LogP contribution in [0.4, 0.5) is 5.69 Å². The monoisotopic (exact) mass is 407 g/mol. The van der Waals surface area contributed by atoms with E-state index in [1.54, 1.807) is 32.0 Å². The summed E-state index contributed by atoms with van der Waals surface area (Å²) in [5.41, 5.74) is 2.99. The van der Waals surface area contributed by atoms with Crippen molar-refractivity contribution in [2.45, 2.75) is 32.6 Å². The number of nitrogens with one attached hydrogen (secondary N) is 1. The normalized spacial score (nSPS) is 11.9. The number of ketones is 1. The minimum atomic E-state index is -3.82. The van der Waals surface area contributed by atoms with Crippen LogP contribution in [-0.2, 0) is 10.0 Å². The lowest BCUT2D eigenvalue weighted by molar-refractivity contribution is 0.101. The summed E-state index contributed by atoms with van der Waals surface area (Å²) in [7, 11) is -3.82. The Labute approximate surface area is 169 Å². The number of Topliss-reactive ketones (excluding diaryl/α,β-unsaturated/α-hetero) is 1. The van der Waals surface area contributed by atoms with Crippen molar-refractivity contribution in [1.82, 2.24) is 0 Å². The maximum Gasteiger partial charge on any atom is 0.262 e. The van der Waals surface area contributed by atoms with E-state index < -0.39 is 10.0 Å². The predicted molar refractivity (Wildman–Crippen MR) is 115 cm³/mol. The Bertz CT molecular complexity index is 1400. The fraction of sp³-hybridized carbons (Fsp3) is 0.174. The molecule has 1 N–H and O–H groups in total. The van der Waals surface area contributed by atoms with Crippen LogP contribution in [-0.4, -0.2) is 14.2 Å². The molecule has 4 aromatic rings. The molecule has 0 atom stereocenters. The molecule has 0 radical (unpaired) electrons. The van der Waals surface area contributed by atoms with Crippen LogP contribution in [0, 0.1) is 20.8 Å². The van der Waals surface area contributed by atoms with Gasteiger partial charge in [-0.05, 0) is 51.0 Å². The van der Waals surface area contributed by atoms with Gasteiger partial charge in [-0.25, -0.2) is 8.42 Å². The Balaban J connectivity index is 1.99. The SMILES string of the molecule is CC(=O)c1c(C)oc2c1cc(NS(=O)(=O)c1cc(C)ccc1C)c1ccccc12. The van der Waals surface area contributed by atoms with Crippen molar-refractivity contribution in [1.29, 1.82) is 0 Å². The first kappa shape index (κ1) is 19.2. The van der Waals surface area contributed by atoms with Crippen LogP contribution >= 0.6 is 0 Å². The number of hydrogen-bond acceptors (Lipinski definition) is 4. The minimum absolute atomic E-state index is 0.125. The van der Waals surface area contributed by atoms with E-state index in [0.29, 0.717) is 38.9 Å². The summed E-state index contributed by atoms with van der Waals surface area (Å²) in [5, 5.41) is 2.06. The molecule has 0 amide bonds. The Hall–Kier alpha value is -3.12. The fourth-order valence-electron chi connectivity index (χ4n) is 3.76. The molecule has 1 aromatic heterocycles. The highest BCUT2D eigenvalue weighted by atomic mass is 32.2. The van der Waals surface area contributed by atoms with Crippen molar-refractivity contribution in [2.75, 3.05) is 4.72 Å². The summed E-state index contributed by atoms with van der Waals surface area (Å²) < 4.78 is 35.0. The molecular formula is C23H21NO4S. The van der Waals surface area contributed by atoms with Gasteiger partial charge in [-0.1, -0.05) is 36.4 Å². The van der Waals surface area contributed by atoms with E-state index in [1.807, 2.05) is 37.3 Å². The third-order valence-electron chi connectivity index (χ3n) is 5.10. The lowest BCUT2D eigenvalue weighted by Gasteiger charge is -2.13. The number of rotatable bonds is 4. The van der Waals surface area contributed by atoms with E-state index >= 15 is 0 Å². The van der Waals surface area contributed by atoms with Crippen molar-refractivity contribution in [3.8, 4) is 0 Å². The van der Waals surface area contributed by atoms with Crippen molar-refractivity contribution in [2.24, 2.45) is 0 Å². The van der Waals surface area contributed by atoms with Crippen LogP contribution in [0.15, 0.2) is 57.8 Å². The largest absolute Gasteiger partial charge is 0.460 e. The maximum absolute atomic E-state index is 13.2. The van der Waals surface area contributed by atoms with Gasteiger partial charge in [0, 0.05) is 16.2 Å². The highest BCUT2D eigenvalue weighted by Gasteiger charge is 2.22. The number of anilines is 1. The van der Waals surface area contributed by atoms with Gasteiger partial charge in [0.2, 0.25) is 0 Å². The second-order valence-corrected chi connectivity index (χ2v) is 8.96. The van der Waals surface area contributed by atoms with Gasteiger partial charge in [0.1, 0.15) is 11.3 Å². The quantitative estimate of drug-likeness (QED) is 0.452. The zero-order chi connectivity index (χ0) is 20.9. The average molecular weight is 407 g/mol. The molecule has 0 saturated carbocycles. The van der Waals surface area contributed by atoms with E-state index in [1.165, 1.54) is 6.92 Å². The molecule has 0 unspecified atom stereocenters. The van der Waals surface area contributed by atoms with E-state index in [-0.39, 0.29) is 10.7 Å². The molecule has 1 heterocycles. The predicted octanol–water partition coefficient (Wildman–Crippen LogP) is 5.51. The summed E-state index contributed by atoms with van der Waals surface area (Å²) in [6, 6.07) is 14.4. The molecule has 0 saturated heterocycles. The van der Waals surface area contributed by atoms with Gasteiger partial charge in [-0.15, -0.1) is 0 Å². The first-order chi connectivity index (χ1) is 13.7. The molecule has 0 fully saturated rings. The van der Waals surface area contributed by atoms with Crippen LogP contribution in [0.25, 0.3) is 21.7 Å². The van der Waals surface area contributed by atoms with Gasteiger partial charge in [-0.2, -0.15) is 0 Å². The summed E-state index contributed by atoms with van der Waals surface area (Å²) in [6.07, 6.45) is 0. The van der Waals surface area contributed by atoms with Crippen LogP contribution in [0.3, 0.4) is 0 Å². The van der Waals surface area contributed by atoms with Gasteiger partial charge in [0.05, 0.1) is 16.1 Å². The molecule has 29 heavy (non-hydrogen) atoms. The second-order valence-electron chi connectivity index (χ2n) is 7.31. The number of hydrogen-bond donors (Lipinski definition) is 1. The lowest BCUT2D eigenvalue weighted by Crippen LogP contribution is -2.14. The Morgan fingerprint density at radius 1 is 0.931 bits per heavy atom. The molecule has 3 aromatic carbocycles. The number of sulfonamides is 1. The third-order valence-corrected chi connectivity index (χ3v) is 6.61. The summed E-state index contributed by atoms with van der Waals surface area (Å²) in [5.74, 6) is 0.395. The van der Waals surface area contributed by atoms with Gasteiger partial charge >= 0.3 is 0 Å². The number of carbonyl (C=O) groups excluding carboxylic acids is 1. The summed E-state index contributed by atoms with van der Waals surface area (Å²) in [4.78, 5) is 12.4. The number of fused-ring (bicyclic) bond motifs is 3. The second kappa shape index (κ2) is 6.74. The first-order valence-corrected chi connectivity index (χ1v) is 10.7. The van der Waals surface area contributed by atoms with Crippen molar-refractivity contribution in [3.63, 3.8) is 0 Å². The highest BCUT2D eigenvalue weighted by Crippen LogP contribution is 2.37.